The van der Waals surface area contributed by atoms with Crippen molar-refractivity contribution < 1.29 is 21.6 Å². The Labute approximate surface area is 169 Å². The Hall–Kier alpha value is -2.24. The van der Waals surface area contributed by atoms with E-state index in [1.807, 2.05) is 0 Å². The van der Waals surface area contributed by atoms with Gasteiger partial charge < -0.3 is 5.32 Å². The molecule has 1 saturated heterocycles. The number of sulfonamides is 1. The summed E-state index contributed by atoms with van der Waals surface area (Å²) in [7, 11) is -6.81. The summed E-state index contributed by atoms with van der Waals surface area (Å²) in [5.74, 6) is 0.184. The molecule has 11 heteroatoms. The maximum atomic E-state index is 12.6. The molecule has 3 N–H and O–H groups in total. The fraction of sp³-hybridized carbons (Fsp3) is 0.444. The fourth-order valence-electron chi connectivity index (χ4n) is 3.53. The third-order valence-corrected chi connectivity index (χ3v) is 7.93. The highest BCUT2D eigenvalue weighted by molar-refractivity contribution is 7.91. The van der Waals surface area contributed by atoms with Crippen molar-refractivity contribution in [3.63, 3.8) is 0 Å². The number of nitrogens with zero attached hydrogens (tertiary/aromatic N) is 2. The number of carbonyl (C=O) groups is 1. The molecule has 1 aliphatic heterocycles. The number of carbonyl (C=O) groups excluding carboxylic acids is 1. The van der Waals surface area contributed by atoms with E-state index in [0.717, 1.165) is 24.1 Å². The summed E-state index contributed by atoms with van der Waals surface area (Å²) < 4.78 is 48.0. The molecule has 2 aliphatic rings. The third-order valence-electron chi connectivity index (χ3n) is 5.25. The zero-order valence-corrected chi connectivity index (χ0v) is 17.2. The Bertz CT molecular complexity index is 1150. The maximum Gasteiger partial charge on any atom is 0.272 e. The first kappa shape index (κ1) is 20.0. The van der Waals surface area contributed by atoms with Gasteiger partial charge in [0.2, 0.25) is 10.0 Å². The molecule has 0 radical (unpaired) electrons. The van der Waals surface area contributed by atoms with E-state index in [4.69, 9.17) is 5.14 Å². The highest BCUT2D eigenvalue weighted by Gasteiger charge is 2.36. The molecule has 156 valence electrons. The van der Waals surface area contributed by atoms with Crippen molar-refractivity contribution in [2.75, 3.05) is 11.5 Å². The van der Waals surface area contributed by atoms with Gasteiger partial charge in [-0.15, -0.1) is 0 Å². The van der Waals surface area contributed by atoms with Crippen LogP contribution in [0.2, 0.25) is 0 Å². The van der Waals surface area contributed by atoms with Gasteiger partial charge in [0, 0.05) is 18.2 Å². The molecule has 1 amide bonds. The number of sulfone groups is 1. The van der Waals surface area contributed by atoms with E-state index < -0.39 is 19.9 Å². The second-order valence-electron chi connectivity index (χ2n) is 7.60. The van der Waals surface area contributed by atoms with Gasteiger partial charge in [0.05, 0.1) is 22.4 Å². The lowest BCUT2D eigenvalue weighted by atomic mass is 10.2. The second-order valence-corrected chi connectivity index (χ2v) is 11.4. The molecule has 1 atom stereocenters. The van der Waals surface area contributed by atoms with Crippen LogP contribution in [0.3, 0.4) is 0 Å². The predicted octanol–water partition coefficient (Wildman–Crippen LogP) is 0.697. The lowest BCUT2D eigenvalue weighted by molar-refractivity contribution is 0.0944. The first-order valence-electron chi connectivity index (χ1n) is 9.32. The van der Waals surface area contributed by atoms with Crippen molar-refractivity contribution in [3.8, 4) is 0 Å². The van der Waals surface area contributed by atoms with Crippen LogP contribution >= 0.6 is 0 Å². The number of amides is 1. The monoisotopic (exact) mass is 438 g/mol. The minimum Gasteiger partial charge on any atom is -0.347 e. The van der Waals surface area contributed by atoms with Crippen LogP contribution in [-0.4, -0.2) is 44.0 Å². The Balaban J connectivity index is 1.47. The van der Waals surface area contributed by atoms with E-state index in [9.17, 15) is 21.6 Å². The minimum absolute atomic E-state index is 0.00640. The van der Waals surface area contributed by atoms with Crippen molar-refractivity contribution in [1.29, 1.82) is 0 Å². The summed E-state index contributed by atoms with van der Waals surface area (Å²) >= 11 is 0. The first-order valence-corrected chi connectivity index (χ1v) is 12.7. The Morgan fingerprint density at radius 1 is 1.21 bits per heavy atom. The largest absolute Gasteiger partial charge is 0.347 e. The van der Waals surface area contributed by atoms with Gasteiger partial charge in [-0.3, -0.25) is 9.48 Å². The van der Waals surface area contributed by atoms with Crippen LogP contribution < -0.4 is 10.5 Å². The topological polar surface area (TPSA) is 141 Å². The average molecular weight is 439 g/mol. The number of hydrogen-bond donors (Lipinski definition) is 2. The molecule has 2 aromatic rings. The SMILES string of the molecule is NS(=O)(=O)c1ccc(CNC(=O)c2cc(C3CC3)n([C@H]3CCS(=O)(=O)C3)n2)cc1. The van der Waals surface area contributed by atoms with Crippen molar-refractivity contribution in [2.45, 2.75) is 42.7 Å². The number of benzene rings is 1. The quantitative estimate of drug-likeness (QED) is 0.680. The summed E-state index contributed by atoms with van der Waals surface area (Å²) in [5, 5.41) is 12.3. The number of hydrogen-bond acceptors (Lipinski definition) is 6. The van der Waals surface area contributed by atoms with E-state index in [1.165, 1.54) is 12.1 Å². The Morgan fingerprint density at radius 2 is 1.90 bits per heavy atom. The van der Waals surface area contributed by atoms with Gasteiger partial charge >= 0.3 is 0 Å². The standard InChI is InChI=1S/C18H22N4O5S2/c19-29(26,27)15-5-1-12(2-6-15)10-20-18(23)16-9-17(13-3-4-13)22(21-16)14-7-8-28(24,25)11-14/h1-2,5-6,9,13-14H,3-4,7-8,10-11H2,(H,20,23)(H2,19,26,27)/t14-/m0/s1. The van der Waals surface area contributed by atoms with Crippen LogP contribution in [0, 0.1) is 0 Å². The molecule has 1 saturated carbocycles. The predicted molar refractivity (Wildman–Crippen MR) is 105 cm³/mol. The van der Waals surface area contributed by atoms with Crippen LogP contribution in [0.5, 0.6) is 0 Å². The average Bonchev–Trinajstić information content (AvgIpc) is 3.30. The molecule has 1 aromatic heterocycles. The third kappa shape index (κ3) is 4.51. The Kier molecular flexibility index (Phi) is 4.99. The van der Waals surface area contributed by atoms with E-state index in [1.54, 1.807) is 22.9 Å². The maximum absolute atomic E-state index is 12.6. The summed E-state index contributed by atoms with van der Waals surface area (Å²) in [6, 6.07) is 7.47. The molecular weight excluding hydrogens is 416 g/mol. The number of primary sulfonamides is 1. The summed E-state index contributed by atoms with van der Waals surface area (Å²) in [6.45, 7) is 0.202. The highest BCUT2D eigenvalue weighted by atomic mass is 32.2. The molecule has 0 bridgehead atoms. The number of rotatable bonds is 6. The molecule has 4 rings (SSSR count). The van der Waals surface area contributed by atoms with E-state index in [2.05, 4.69) is 10.4 Å². The van der Waals surface area contributed by atoms with Gasteiger partial charge in [-0.2, -0.15) is 5.10 Å². The molecule has 1 aromatic carbocycles. The fourth-order valence-corrected chi connectivity index (χ4v) is 5.74. The molecule has 0 spiro atoms. The molecule has 9 nitrogen and oxygen atoms in total. The number of nitrogens with one attached hydrogen (secondary N) is 1. The molecule has 0 unspecified atom stereocenters. The molecule has 2 fully saturated rings. The van der Waals surface area contributed by atoms with Gasteiger partial charge in [-0.05, 0) is 43.0 Å². The first-order chi connectivity index (χ1) is 13.6. The van der Waals surface area contributed by atoms with Crippen LogP contribution in [0.25, 0.3) is 0 Å². The van der Waals surface area contributed by atoms with Gasteiger partial charge in [-0.1, -0.05) is 12.1 Å². The minimum atomic E-state index is -3.76. The Morgan fingerprint density at radius 3 is 2.45 bits per heavy atom. The number of nitrogens with two attached hydrogens (primary N) is 1. The van der Waals surface area contributed by atoms with Crippen molar-refractivity contribution in [2.24, 2.45) is 5.14 Å². The molecule has 1 aliphatic carbocycles. The van der Waals surface area contributed by atoms with E-state index in [-0.39, 0.29) is 40.6 Å². The van der Waals surface area contributed by atoms with Gasteiger partial charge in [0.1, 0.15) is 5.69 Å². The van der Waals surface area contributed by atoms with Crippen LogP contribution in [0.4, 0.5) is 0 Å². The summed E-state index contributed by atoms with van der Waals surface area (Å²) in [6.07, 6.45) is 2.55. The zero-order valence-electron chi connectivity index (χ0n) is 15.6. The van der Waals surface area contributed by atoms with Crippen molar-refractivity contribution >= 4 is 25.8 Å². The van der Waals surface area contributed by atoms with E-state index >= 15 is 0 Å². The lowest BCUT2D eigenvalue weighted by Gasteiger charge is -2.12. The second kappa shape index (κ2) is 7.22. The molecular formula is C18H22N4O5S2. The molecule has 2 heterocycles. The smallest absolute Gasteiger partial charge is 0.272 e. The zero-order chi connectivity index (χ0) is 20.8. The summed E-state index contributed by atoms with van der Waals surface area (Å²) in [5.41, 5.74) is 1.90. The number of aromatic nitrogens is 2. The molecule has 29 heavy (non-hydrogen) atoms. The van der Waals surface area contributed by atoms with Gasteiger partial charge in [-0.25, -0.2) is 22.0 Å². The van der Waals surface area contributed by atoms with Crippen molar-refractivity contribution in [1.82, 2.24) is 15.1 Å². The van der Waals surface area contributed by atoms with E-state index in [0.29, 0.717) is 12.3 Å². The summed E-state index contributed by atoms with van der Waals surface area (Å²) in [4.78, 5) is 12.6. The van der Waals surface area contributed by atoms with Crippen molar-refractivity contribution in [3.05, 3.63) is 47.3 Å². The van der Waals surface area contributed by atoms with Gasteiger partial charge in [0.15, 0.2) is 9.84 Å². The van der Waals surface area contributed by atoms with Gasteiger partial charge in [0.25, 0.3) is 5.91 Å². The van der Waals surface area contributed by atoms with Crippen LogP contribution in [-0.2, 0) is 26.4 Å². The van der Waals surface area contributed by atoms with Crippen LogP contribution in [0.1, 0.15) is 53.0 Å². The lowest BCUT2D eigenvalue weighted by Crippen LogP contribution is -2.24. The highest BCUT2D eigenvalue weighted by Crippen LogP contribution is 2.42. The normalized spacial score (nSPS) is 21.2. The van der Waals surface area contributed by atoms with Crippen LogP contribution in [0.15, 0.2) is 35.2 Å².